The van der Waals surface area contributed by atoms with E-state index in [1.54, 1.807) is 14.1 Å². The highest BCUT2D eigenvalue weighted by Gasteiger charge is 2.26. The van der Waals surface area contributed by atoms with E-state index in [-0.39, 0.29) is 12.6 Å². The number of hydrogen-bond donors (Lipinski definition) is 0. The Bertz CT molecular complexity index is 1120. The molecule has 0 saturated carbocycles. The van der Waals surface area contributed by atoms with Crippen LogP contribution in [0.5, 0.6) is 5.75 Å². The second-order valence-corrected chi connectivity index (χ2v) is 10.3. The molecule has 1 saturated heterocycles. The molecule has 11 heteroatoms. The molecule has 1 fully saturated rings. The largest absolute Gasteiger partial charge is 0.529 e. The fourth-order valence-corrected chi connectivity index (χ4v) is 5.03. The van der Waals surface area contributed by atoms with E-state index in [1.807, 2.05) is 36.4 Å². The number of fused-ring (bicyclic) bond motifs is 1. The van der Waals surface area contributed by atoms with E-state index >= 15 is 0 Å². The zero-order valence-electron chi connectivity index (χ0n) is 21.8. The number of nitrogens with zero attached hydrogens (tertiary/aromatic N) is 4. The lowest BCUT2D eigenvalue weighted by Crippen LogP contribution is -2.46. The van der Waals surface area contributed by atoms with Crippen molar-refractivity contribution in [1.82, 2.24) is 9.96 Å². The van der Waals surface area contributed by atoms with Crippen LogP contribution in [0.2, 0.25) is 10.0 Å². The van der Waals surface area contributed by atoms with Gasteiger partial charge in [0.2, 0.25) is 5.91 Å². The molecule has 0 radical (unpaired) electrons. The normalized spacial score (nSPS) is 16.0. The molecule has 2 aliphatic heterocycles. The maximum absolute atomic E-state index is 12.5. The summed E-state index contributed by atoms with van der Waals surface area (Å²) in [5, 5.41) is 2.44. The lowest BCUT2D eigenvalue weighted by Gasteiger charge is -2.36. The number of amides is 1. The van der Waals surface area contributed by atoms with E-state index in [9.17, 15) is 9.59 Å². The van der Waals surface area contributed by atoms with Crippen molar-refractivity contribution in [2.45, 2.75) is 25.7 Å². The van der Waals surface area contributed by atoms with E-state index in [4.69, 9.17) is 37.5 Å². The number of benzene rings is 2. The Labute approximate surface area is 233 Å². The summed E-state index contributed by atoms with van der Waals surface area (Å²) in [4.78, 5) is 35.3. The Morgan fingerprint density at radius 1 is 1.00 bits per heavy atom. The van der Waals surface area contributed by atoms with Crippen LogP contribution in [0.15, 0.2) is 36.4 Å². The van der Waals surface area contributed by atoms with Crippen molar-refractivity contribution < 1.29 is 23.9 Å². The predicted molar refractivity (Wildman–Crippen MR) is 148 cm³/mol. The molecular formula is C27H34Cl2N4O5. The van der Waals surface area contributed by atoms with Crippen LogP contribution >= 0.6 is 23.2 Å². The Kier molecular flexibility index (Phi) is 9.96. The molecule has 0 bridgehead atoms. The number of piperazine rings is 1. The number of hydroxylamine groups is 2. The summed E-state index contributed by atoms with van der Waals surface area (Å²) in [5.41, 5.74) is 2.71. The van der Waals surface area contributed by atoms with Gasteiger partial charge in [0.25, 0.3) is 0 Å². The summed E-state index contributed by atoms with van der Waals surface area (Å²) >= 11 is 12.6. The molecular weight excluding hydrogens is 531 g/mol. The van der Waals surface area contributed by atoms with Crippen LogP contribution in [-0.2, 0) is 20.8 Å². The first kappa shape index (κ1) is 28.3. The summed E-state index contributed by atoms with van der Waals surface area (Å²) in [7, 11) is 3.15. The number of hydrogen-bond acceptors (Lipinski definition) is 8. The minimum absolute atomic E-state index is 0.106. The number of aryl methyl sites for hydroxylation is 1. The summed E-state index contributed by atoms with van der Waals surface area (Å²) in [5.74, 6) is 0.580. The van der Waals surface area contributed by atoms with Crippen LogP contribution in [0.3, 0.4) is 0 Å². The quantitative estimate of drug-likeness (QED) is 0.230. The molecule has 206 valence electrons. The monoisotopic (exact) mass is 564 g/mol. The summed E-state index contributed by atoms with van der Waals surface area (Å²) in [6, 6.07) is 11.5. The number of carbonyl (C=O) groups is 2. The van der Waals surface area contributed by atoms with Gasteiger partial charge in [0, 0.05) is 52.8 Å². The first-order valence-electron chi connectivity index (χ1n) is 12.8. The molecule has 2 aromatic carbocycles. The van der Waals surface area contributed by atoms with Gasteiger partial charge in [-0.05, 0) is 49.6 Å². The highest BCUT2D eigenvalue weighted by molar-refractivity contribution is 6.43. The average molecular weight is 565 g/mol. The molecule has 0 unspecified atom stereocenters. The third-order valence-corrected chi connectivity index (χ3v) is 7.42. The van der Waals surface area contributed by atoms with Crippen LogP contribution < -0.4 is 14.5 Å². The molecule has 38 heavy (non-hydrogen) atoms. The van der Waals surface area contributed by atoms with Gasteiger partial charge in [0.1, 0.15) is 5.75 Å². The zero-order chi connectivity index (χ0) is 27.1. The van der Waals surface area contributed by atoms with E-state index < -0.39 is 6.16 Å². The molecule has 1 amide bonds. The molecule has 2 aromatic rings. The van der Waals surface area contributed by atoms with Crippen LogP contribution in [0.4, 0.5) is 16.2 Å². The van der Waals surface area contributed by atoms with E-state index in [0.717, 1.165) is 56.8 Å². The molecule has 2 heterocycles. The number of halogens is 2. The van der Waals surface area contributed by atoms with Gasteiger partial charge in [-0.3, -0.25) is 14.6 Å². The molecule has 2 aliphatic rings. The molecule has 9 nitrogen and oxygen atoms in total. The Morgan fingerprint density at radius 3 is 2.55 bits per heavy atom. The first-order valence-corrected chi connectivity index (χ1v) is 13.6. The lowest BCUT2D eigenvalue weighted by atomic mass is 10.0. The first-order chi connectivity index (χ1) is 18.3. The second kappa shape index (κ2) is 13.4. The van der Waals surface area contributed by atoms with Crippen LogP contribution in [0.25, 0.3) is 0 Å². The molecule has 0 N–H and O–H groups in total. The third-order valence-electron chi connectivity index (χ3n) is 6.61. The summed E-state index contributed by atoms with van der Waals surface area (Å²) < 4.78 is 11.1. The van der Waals surface area contributed by atoms with Gasteiger partial charge >= 0.3 is 6.16 Å². The SMILES string of the molecule is CN(C)OC(=O)OCN1C(=O)CCc2ccc(OCCCCN3CCN(c4cccc(Cl)c4Cl)CC3)cc21. The molecule has 0 spiro atoms. The smallest absolute Gasteiger partial charge is 0.494 e. The van der Waals surface area contributed by atoms with E-state index in [2.05, 4.69) is 9.80 Å². The van der Waals surface area contributed by atoms with Crippen LogP contribution in [-0.4, -0.2) is 82.2 Å². The van der Waals surface area contributed by atoms with Crippen molar-refractivity contribution >= 4 is 46.6 Å². The van der Waals surface area contributed by atoms with Gasteiger partial charge in [-0.25, -0.2) is 4.79 Å². The summed E-state index contributed by atoms with van der Waals surface area (Å²) in [6.07, 6.45) is 2.08. The average Bonchev–Trinajstić information content (AvgIpc) is 2.89. The molecule has 0 atom stereocenters. The van der Waals surface area contributed by atoms with Crippen molar-refractivity contribution in [3.05, 3.63) is 52.0 Å². The summed E-state index contributed by atoms with van der Waals surface area (Å²) in [6.45, 7) is 5.16. The van der Waals surface area contributed by atoms with Crippen molar-refractivity contribution in [1.29, 1.82) is 0 Å². The topological polar surface area (TPSA) is 74.8 Å². The van der Waals surface area contributed by atoms with Crippen LogP contribution in [0, 0.1) is 0 Å². The fourth-order valence-electron chi connectivity index (χ4n) is 4.62. The minimum Gasteiger partial charge on any atom is -0.494 e. The molecule has 4 rings (SSSR count). The molecule has 0 aromatic heterocycles. The maximum atomic E-state index is 12.5. The van der Waals surface area contributed by atoms with Gasteiger partial charge in [0.05, 0.1) is 28.0 Å². The Balaban J connectivity index is 1.20. The maximum Gasteiger partial charge on any atom is 0.529 e. The number of anilines is 2. The number of rotatable bonds is 10. The fraction of sp³-hybridized carbons (Fsp3) is 0.481. The van der Waals surface area contributed by atoms with Gasteiger partial charge in [0.15, 0.2) is 6.73 Å². The Hall–Kier alpha value is -2.72. The van der Waals surface area contributed by atoms with E-state index in [1.165, 1.54) is 9.96 Å². The lowest BCUT2D eigenvalue weighted by molar-refractivity contribution is -0.120. The zero-order valence-corrected chi connectivity index (χ0v) is 23.3. The van der Waals surface area contributed by atoms with Gasteiger partial charge in [-0.1, -0.05) is 35.3 Å². The van der Waals surface area contributed by atoms with Crippen LogP contribution in [0.1, 0.15) is 24.8 Å². The number of carbonyl (C=O) groups excluding carboxylic acids is 2. The standard InChI is InChI=1S/C27H34Cl2N4O5/c1-30(2)38-27(35)37-19-33-24-18-21(10-8-20(24)9-11-25(33)34)36-17-4-3-12-31-13-15-32(16-14-31)23-7-5-6-22(28)26(23)29/h5-8,10,18H,3-4,9,11-17,19H2,1-2H3. The van der Waals surface area contributed by atoms with E-state index in [0.29, 0.717) is 40.9 Å². The number of ether oxygens (including phenoxy) is 2. The highest BCUT2D eigenvalue weighted by Crippen LogP contribution is 2.33. The van der Waals surface area contributed by atoms with Gasteiger partial charge in [-0.15, -0.1) is 5.06 Å². The van der Waals surface area contributed by atoms with Crippen molar-refractivity contribution in [3.8, 4) is 5.75 Å². The van der Waals surface area contributed by atoms with Crippen molar-refractivity contribution in [2.24, 2.45) is 0 Å². The molecule has 0 aliphatic carbocycles. The van der Waals surface area contributed by atoms with Gasteiger partial charge < -0.3 is 19.2 Å². The Morgan fingerprint density at radius 2 is 1.79 bits per heavy atom. The van der Waals surface area contributed by atoms with Crippen molar-refractivity contribution in [3.63, 3.8) is 0 Å². The predicted octanol–water partition coefficient (Wildman–Crippen LogP) is 4.84. The van der Waals surface area contributed by atoms with Gasteiger partial charge in [-0.2, -0.15) is 0 Å². The highest BCUT2D eigenvalue weighted by atomic mass is 35.5. The number of unbranched alkanes of at least 4 members (excludes halogenated alkanes) is 1. The second-order valence-electron chi connectivity index (χ2n) is 9.50. The third kappa shape index (κ3) is 7.44. The van der Waals surface area contributed by atoms with Crippen molar-refractivity contribution in [2.75, 3.05) is 70.0 Å². The minimum atomic E-state index is -0.864.